The van der Waals surface area contributed by atoms with Gasteiger partial charge in [0.15, 0.2) is 0 Å². The predicted octanol–water partition coefficient (Wildman–Crippen LogP) is 6.59. The zero-order valence-corrected chi connectivity index (χ0v) is 22.2. The fourth-order valence-electron chi connectivity index (χ4n) is 4.17. The monoisotopic (exact) mass is 550 g/mol. The van der Waals surface area contributed by atoms with E-state index < -0.39 is 6.04 Å². The third-order valence-electron chi connectivity index (χ3n) is 6.01. The molecule has 1 saturated carbocycles. The molecule has 1 aliphatic rings. The minimum absolute atomic E-state index is 0.0160. The average molecular weight is 552 g/mol. The second-order valence-electron chi connectivity index (χ2n) is 8.53. The smallest absolute Gasteiger partial charge is 0.243 e. The van der Waals surface area contributed by atoms with Crippen LogP contribution in [-0.4, -0.2) is 34.6 Å². The third kappa shape index (κ3) is 8.34. The molecule has 0 saturated heterocycles. The molecule has 0 heterocycles. The van der Waals surface area contributed by atoms with Crippen molar-refractivity contribution in [3.05, 3.63) is 69.2 Å². The molecule has 1 aliphatic carbocycles. The van der Waals surface area contributed by atoms with Gasteiger partial charge in [0, 0.05) is 27.8 Å². The van der Waals surface area contributed by atoms with E-state index in [0.717, 1.165) is 41.5 Å². The number of benzene rings is 2. The Bertz CT molecular complexity index is 902. The van der Waals surface area contributed by atoms with Crippen LogP contribution in [0.5, 0.6) is 0 Å². The third-order valence-corrected chi connectivity index (χ3v) is 7.78. The summed E-state index contributed by atoms with van der Waals surface area (Å²) in [7, 11) is 0. The molecular weight excluding hydrogens is 520 g/mol. The molecule has 3 rings (SSSR count). The lowest BCUT2D eigenvalue weighted by atomic mass is 9.95. The second kappa shape index (κ2) is 13.4. The molecule has 0 radical (unpaired) electrons. The van der Waals surface area contributed by atoms with Crippen LogP contribution in [0.1, 0.15) is 56.6 Å². The summed E-state index contributed by atoms with van der Waals surface area (Å²) in [6, 6.07) is 15.4. The van der Waals surface area contributed by atoms with Crippen LogP contribution >= 0.6 is 39.3 Å². The van der Waals surface area contributed by atoms with Crippen LogP contribution in [0, 0.1) is 0 Å². The molecule has 0 bridgehead atoms. The molecule has 0 spiro atoms. The number of amides is 2. The number of hydrogen-bond donors (Lipinski definition) is 1. The van der Waals surface area contributed by atoms with E-state index >= 15 is 0 Å². The van der Waals surface area contributed by atoms with E-state index in [1.807, 2.05) is 43.3 Å². The highest BCUT2D eigenvalue weighted by Gasteiger charge is 2.30. The highest BCUT2D eigenvalue weighted by molar-refractivity contribution is 9.10. The largest absolute Gasteiger partial charge is 0.352 e. The van der Waals surface area contributed by atoms with Crippen LogP contribution in [0.2, 0.25) is 5.02 Å². The van der Waals surface area contributed by atoms with Crippen molar-refractivity contribution in [1.29, 1.82) is 0 Å². The van der Waals surface area contributed by atoms with Crippen molar-refractivity contribution in [3.8, 4) is 0 Å². The van der Waals surface area contributed by atoms with Crippen molar-refractivity contribution in [3.63, 3.8) is 0 Å². The summed E-state index contributed by atoms with van der Waals surface area (Å²) in [5.41, 5.74) is 2.14. The number of rotatable bonds is 10. The van der Waals surface area contributed by atoms with Gasteiger partial charge in [0.25, 0.3) is 0 Å². The first-order valence-corrected chi connectivity index (χ1v) is 13.9. The fourth-order valence-corrected chi connectivity index (χ4v) is 5.43. The minimum Gasteiger partial charge on any atom is -0.352 e. The number of thioether (sulfide) groups is 1. The minimum atomic E-state index is -0.483. The lowest BCUT2D eigenvalue weighted by molar-refractivity contribution is -0.139. The van der Waals surface area contributed by atoms with E-state index in [-0.39, 0.29) is 17.9 Å². The zero-order valence-electron chi connectivity index (χ0n) is 19.1. The van der Waals surface area contributed by atoms with Gasteiger partial charge in [-0.2, -0.15) is 0 Å². The Morgan fingerprint density at radius 2 is 1.70 bits per heavy atom. The quantitative estimate of drug-likeness (QED) is 0.362. The van der Waals surface area contributed by atoms with Gasteiger partial charge in [0.05, 0.1) is 5.75 Å². The van der Waals surface area contributed by atoms with Crippen LogP contribution in [-0.2, 0) is 21.9 Å². The molecule has 2 amide bonds. The van der Waals surface area contributed by atoms with E-state index in [4.69, 9.17) is 11.6 Å². The first-order chi connectivity index (χ1) is 16.0. The van der Waals surface area contributed by atoms with Crippen molar-refractivity contribution in [2.24, 2.45) is 0 Å². The summed E-state index contributed by atoms with van der Waals surface area (Å²) in [5, 5.41) is 3.88. The van der Waals surface area contributed by atoms with Gasteiger partial charge in [-0.3, -0.25) is 9.59 Å². The highest BCUT2D eigenvalue weighted by Crippen LogP contribution is 2.21. The van der Waals surface area contributed by atoms with Crippen LogP contribution in [0.4, 0.5) is 0 Å². The van der Waals surface area contributed by atoms with Gasteiger partial charge in [-0.05, 0) is 54.7 Å². The fraction of sp³-hybridized carbons (Fsp3) is 0.462. The van der Waals surface area contributed by atoms with Crippen LogP contribution in [0.25, 0.3) is 0 Å². The van der Waals surface area contributed by atoms with Crippen molar-refractivity contribution in [2.75, 3.05) is 5.75 Å². The molecule has 1 fully saturated rings. The van der Waals surface area contributed by atoms with E-state index in [1.165, 1.54) is 12.0 Å². The molecule has 178 valence electrons. The van der Waals surface area contributed by atoms with Crippen molar-refractivity contribution >= 4 is 51.1 Å². The first-order valence-electron chi connectivity index (χ1n) is 11.6. The summed E-state index contributed by atoms with van der Waals surface area (Å²) in [5.74, 6) is 1.03. The van der Waals surface area contributed by atoms with E-state index in [9.17, 15) is 9.59 Å². The molecule has 0 aromatic heterocycles. The molecular formula is C26H32BrClN2O2S. The molecule has 33 heavy (non-hydrogen) atoms. The SMILES string of the molecule is CC[C@@H](C(=O)NC1CCCCC1)N(Cc1ccc(Cl)cc1)C(=O)CSCc1ccc(Br)cc1. The van der Waals surface area contributed by atoms with Crippen molar-refractivity contribution < 1.29 is 9.59 Å². The van der Waals surface area contributed by atoms with Gasteiger partial charge in [-0.25, -0.2) is 0 Å². The Labute approximate surface area is 215 Å². The highest BCUT2D eigenvalue weighted by atomic mass is 79.9. The standard InChI is InChI=1S/C26H32BrClN2O2S/c1-2-24(26(32)29-23-6-4-3-5-7-23)30(16-19-10-14-22(28)15-11-19)25(31)18-33-17-20-8-12-21(27)13-9-20/h8-15,23-24H,2-7,16-18H2,1H3,(H,29,32)/t24-/m0/s1. The number of halogens is 2. The Morgan fingerprint density at radius 1 is 1.06 bits per heavy atom. The Hall–Kier alpha value is -1.50. The van der Waals surface area contributed by atoms with Gasteiger partial charge in [-0.15, -0.1) is 11.8 Å². The van der Waals surface area contributed by atoms with Gasteiger partial charge in [0.2, 0.25) is 11.8 Å². The predicted molar refractivity (Wildman–Crippen MR) is 141 cm³/mol. The molecule has 2 aromatic carbocycles. The summed E-state index contributed by atoms with van der Waals surface area (Å²) >= 11 is 11.1. The number of hydrogen-bond acceptors (Lipinski definition) is 3. The maximum absolute atomic E-state index is 13.3. The van der Waals surface area contributed by atoms with Crippen LogP contribution < -0.4 is 5.32 Å². The van der Waals surface area contributed by atoms with Crippen molar-refractivity contribution in [2.45, 2.75) is 69.8 Å². The lowest BCUT2D eigenvalue weighted by Crippen LogP contribution is -2.52. The van der Waals surface area contributed by atoms with E-state index in [0.29, 0.717) is 23.7 Å². The van der Waals surface area contributed by atoms with Gasteiger partial charge < -0.3 is 10.2 Å². The van der Waals surface area contributed by atoms with Crippen LogP contribution in [0.3, 0.4) is 0 Å². The maximum Gasteiger partial charge on any atom is 0.243 e. The Morgan fingerprint density at radius 3 is 2.33 bits per heavy atom. The average Bonchev–Trinajstić information content (AvgIpc) is 2.82. The summed E-state index contributed by atoms with van der Waals surface area (Å²) in [6.45, 7) is 2.37. The second-order valence-corrected chi connectivity index (χ2v) is 10.9. The maximum atomic E-state index is 13.3. The summed E-state index contributed by atoms with van der Waals surface area (Å²) in [4.78, 5) is 28.3. The Kier molecular flexibility index (Phi) is 10.6. The number of nitrogens with zero attached hydrogens (tertiary/aromatic N) is 1. The van der Waals surface area contributed by atoms with Crippen LogP contribution in [0.15, 0.2) is 53.0 Å². The molecule has 1 N–H and O–H groups in total. The molecule has 0 aliphatic heterocycles. The molecule has 0 unspecified atom stereocenters. The molecule has 4 nitrogen and oxygen atoms in total. The van der Waals surface area contributed by atoms with Gasteiger partial charge in [0.1, 0.15) is 6.04 Å². The number of nitrogens with one attached hydrogen (secondary N) is 1. The zero-order chi connectivity index (χ0) is 23.6. The normalized spacial score (nSPS) is 15.1. The first kappa shape index (κ1) is 26.1. The number of carbonyl (C=O) groups excluding carboxylic acids is 2. The molecule has 1 atom stereocenters. The summed E-state index contributed by atoms with van der Waals surface area (Å²) in [6.07, 6.45) is 6.17. The van der Waals surface area contributed by atoms with Crippen molar-refractivity contribution in [1.82, 2.24) is 10.2 Å². The van der Waals surface area contributed by atoms with E-state index in [1.54, 1.807) is 16.7 Å². The lowest BCUT2D eigenvalue weighted by Gasteiger charge is -2.32. The Balaban J connectivity index is 1.68. The number of carbonyl (C=O) groups is 2. The van der Waals surface area contributed by atoms with Gasteiger partial charge >= 0.3 is 0 Å². The van der Waals surface area contributed by atoms with Gasteiger partial charge in [-0.1, -0.05) is 78.0 Å². The summed E-state index contributed by atoms with van der Waals surface area (Å²) < 4.78 is 1.04. The molecule has 7 heteroatoms. The molecule has 2 aromatic rings. The topological polar surface area (TPSA) is 49.4 Å². The van der Waals surface area contributed by atoms with E-state index in [2.05, 4.69) is 33.4 Å².